The highest BCUT2D eigenvalue weighted by molar-refractivity contribution is 8.25. The Morgan fingerprint density at radius 2 is 1.22 bits per heavy atom. The third-order valence-electron chi connectivity index (χ3n) is 7.18. The number of benzene rings is 1. The van der Waals surface area contributed by atoms with Crippen LogP contribution in [0.5, 0.6) is 11.5 Å². The van der Waals surface area contributed by atoms with Crippen molar-refractivity contribution in [3.63, 3.8) is 0 Å². The topological polar surface area (TPSA) is 91.1 Å². The summed E-state index contributed by atoms with van der Waals surface area (Å²) in [5, 5.41) is -0.370. The molecular weight excluding hydrogens is 518 g/mol. The van der Waals surface area contributed by atoms with E-state index in [4.69, 9.17) is 16.0 Å². The van der Waals surface area contributed by atoms with Gasteiger partial charge in [0.05, 0.1) is 32.4 Å². The van der Waals surface area contributed by atoms with Crippen LogP contribution < -0.4 is 9.47 Å². The van der Waals surface area contributed by atoms with E-state index in [-0.39, 0.29) is 33.0 Å². The van der Waals surface area contributed by atoms with Gasteiger partial charge in [-0.15, -0.1) is 0 Å². The number of thioether (sulfide) groups is 2. The van der Waals surface area contributed by atoms with Crippen molar-refractivity contribution in [1.29, 1.82) is 0 Å². The molecule has 0 unspecified atom stereocenters. The molecule has 0 N–H and O–H groups in total. The zero-order valence-corrected chi connectivity index (χ0v) is 23.2. The summed E-state index contributed by atoms with van der Waals surface area (Å²) in [6.45, 7) is 11.8. The molecule has 1 aromatic rings. The van der Waals surface area contributed by atoms with Gasteiger partial charge in [0, 0.05) is 6.26 Å². The van der Waals surface area contributed by atoms with E-state index >= 15 is 0 Å². The molecule has 3 aliphatic rings. The smallest absolute Gasteiger partial charge is 0.314 e. The number of esters is 2. The minimum absolute atomic E-state index is 0.174. The minimum Gasteiger partial charge on any atom is -0.425 e. The summed E-state index contributed by atoms with van der Waals surface area (Å²) < 4.78 is 36.3. The van der Waals surface area contributed by atoms with Crippen molar-refractivity contribution in [3.8, 4) is 11.5 Å². The van der Waals surface area contributed by atoms with Gasteiger partial charge in [-0.3, -0.25) is 9.59 Å². The first-order valence-electron chi connectivity index (χ1n) is 12.3. The number of rotatable bonds is 5. The van der Waals surface area contributed by atoms with E-state index in [1.807, 2.05) is 0 Å². The van der Waals surface area contributed by atoms with Crippen LogP contribution in [0, 0.1) is 30.2 Å². The van der Waals surface area contributed by atoms with Crippen molar-refractivity contribution in [2.75, 3.05) is 6.26 Å². The summed E-state index contributed by atoms with van der Waals surface area (Å²) in [6, 6.07) is 3.20. The maximum atomic E-state index is 12.9. The van der Waals surface area contributed by atoms with Crippen molar-refractivity contribution >= 4 is 45.3 Å². The number of hydrogen-bond acceptors (Lipinski definition) is 8. The molecule has 194 valence electrons. The molecule has 0 radical (unpaired) electrons. The Morgan fingerprint density at radius 1 is 0.833 bits per heavy atom. The predicted molar refractivity (Wildman–Crippen MR) is 140 cm³/mol. The number of hydrogen-bond donors (Lipinski definition) is 0. The molecule has 2 saturated carbocycles. The van der Waals surface area contributed by atoms with E-state index in [9.17, 15) is 18.0 Å². The number of ether oxygens (including phenoxy) is 2. The van der Waals surface area contributed by atoms with E-state index in [0.29, 0.717) is 33.1 Å². The van der Waals surface area contributed by atoms with Crippen LogP contribution in [0.15, 0.2) is 31.2 Å². The van der Waals surface area contributed by atoms with E-state index in [1.165, 1.54) is 0 Å². The Bertz CT molecular complexity index is 1150. The van der Waals surface area contributed by atoms with Gasteiger partial charge in [0.25, 0.3) is 5.03 Å². The molecule has 0 bridgehead atoms. The zero-order valence-electron chi connectivity index (χ0n) is 20.7. The van der Waals surface area contributed by atoms with Crippen molar-refractivity contribution in [3.05, 3.63) is 32.8 Å². The first kappa shape index (κ1) is 27.1. The molecule has 4 rings (SSSR count). The Hall–Kier alpha value is -1.96. The summed E-state index contributed by atoms with van der Waals surface area (Å²) >= 11 is 2.14. The molecule has 0 saturated heterocycles. The first-order valence-corrected chi connectivity index (χ1v) is 15.9. The molecule has 0 atom stereocenters. The van der Waals surface area contributed by atoms with Crippen LogP contribution in [-0.2, 0) is 19.4 Å². The van der Waals surface area contributed by atoms with Gasteiger partial charge < -0.3 is 9.47 Å². The fourth-order valence-electron chi connectivity index (χ4n) is 4.83. The van der Waals surface area contributed by atoms with E-state index in [1.54, 1.807) is 12.1 Å². The molecule has 0 aromatic heterocycles. The van der Waals surface area contributed by atoms with Crippen LogP contribution in [0.3, 0.4) is 0 Å². The van der Waals surface area contributed by atoms with Gasteiger partial charge in [-0.2, -0.15) is 0 Å². The van der Waals surface area contributed by atoms with Gasteiger partial charge in [0.15, 0.2) is 9.84 Å². The summed E-state index contributed by atoms with van der Waals surface area (Å²) in [6.07, 6.45) is 8.02. The summed E-state index contributed by atoms with van der Waals surface area (Å²) in [5.41, 5.74) is 0. The van der Waals surface area contributed by atoms with Gasteiger partial charge in [-0.05, 0) is 75.3 Å². The quantitative estimate of drug-likeness (QED) is 0.235. The van der Waals surface area contributed by atoms with Crippen LogP contribution in [-0.4, -0.2) is 26.6 Å². The van der Waals surface area contributed by atoms with Crippen molar-refractivity contribution in [2.45, 2.75) is 75.0 Å². The first-order chi connectivity index (χ1) is 17.1. The van der Waals surface area contributed by atoms with Crippen LogP contribution in [0.25, 0.3) is 4.85 Å². The summed E-state index contributed by atoms with van der Waals surface area (Å²) in [7, 11) is -3.76. The Morgan fingerprint density at radius 3 is 1.56 bits per heavy atom. The van der Waals surface area contributed by atoms with Gasteiger partial charge >= 0.3 is 11.9 Å². The molecular formula is C26H31NO6S3. The molecule has 0 amide bonds. The lowest BCUT2D eigenvalue weighted by Gasteiger charge is -2.25. The lowest BCUT2D eigenvalue weighted by atomic mass is 9.83. The zero-order chi connectivity index (χ0) is 26.0. The molecule has 2 fully saturated rings. The molecule has 10 heteroatoms. The molecule has 1 aromatic carbocycles. The highest BCUT2D eigenvalue weighted by Crippen LogP contribution is 2.59. The van der Waals surface area contributed by atoms with E-state index < -0.39 is 9.84 Å². The lowest BCUT2D eigenvalue weighted by Crippen LogP contribution is -2.25. The van der Waals surface area contributed by atoms with Gasteiger partial charge in [-0.1, -0.05) is 37.4 Å². The number of sulfone groups is 1. The second-order valence-corrected chi connectivity index (χ2v) is 14.4. The van der Waals surface area contributed by atoms with Crippen molar-refractivity contribution in [1.82, 2.24) is 0 Å². The molecule has 1 heterocycles. The normalized spacial score (nSPS) is 26.0. The Labute approximate surface area is 221 Å². The van der Waals surface area contributed by atoms with Gasteiger partial charge in [0.2, 0.25) is 0 Å². The van der Waals surface area contributed by atoms with Crippen LogP contribution >= 0.6 is 23.5 Å². The summed E-state index contributed by atoms with van der Waals surface area (Å²) in [4.78, 5) is 30.1. The lowest BCUT2D eigenvalue weighted by molar-refractivity contribution is -0.141. The maximum Gasteiger partial charge on any atom is 0.314 e. The molecule has 2 aliphatic carbocycles. The van der Waals surface area contributed by atoms with Gasteiger partial charge in [0.1, 0.15) is 11.5 Å². The minimum atomic E-state index is -3.76. The standard InChI is InChI=1S/C26H31NO6S3/c1-15-5-9-17(10-6-15)24(28)32-19-13-14-20(33-25(29)18-11-7-16(2)8-12-18)22-21(19)34-26(35-22)23(27-3)36(4,30)31/h13-18H,5-12H2,1-2,4H3. The third kappa shape index (κ3) is 6.12. The number of carbonyl (C=O) groups is 2. The summed E-state index contributed by atoms with van der Waals surface area (Å²) in [5.74, 6) is 0.836. The van der Waals surface area contributed by atoms with Crippen LogP contribution in [0.1, 0.15) is 65.2 Å². The molecule has 1 aliphatic heterocycles. The van der Waals surface area contributed by atoms with E-state index in [0.717, 1.165) is 81.1 Å². The third-order valence-corrected chi connectivity index (χ3v) is 11.0. The average Bonchev–Trinajstić information content (AvgIpc) is 3.26. The van der Waals surface area contributed by atoms with Crippen molar-refractivity contribution in [2.24, 2.45) is 23.7 Å². The van der Waals surface area contributed by atoms with Crippen LogP contribution in [0.2, 0.25) is 0 Å². The van der Waals surface area contributed by atoms with E-state index in [2.05, 4.69) is 18.7 Å². The van der Waals surface area contributed by atoms with Crippen molar-refractivity contribution < 1.29 is 27.5 Å². The predicted octanol–water partition coefficient (Wildman–Crippen LogP) is 6.44. The fourth-order valence-corrected chi connectivity index (χ4v) is 8.82. The second kappa shape index (κ2) is 11.2. The SMILES string of the molecule is [C-]#[N+]C(=C1Sc2c(OC(=O)C3CCC(C)CC3)ccc(OC(=O)C3CCC(C)CC3)c2S1)S(C)(=O)=O. The highest BCUT2D eigenvalue weighted by atomic mass is 32.2. The van der Waals surface area contributed by atoms with Crippen LogP contribution in [0.4, 0.5) is 0 Å². The highest BCUT2D eigenvalue weighted by Gasteiger charge is 2.35. The average molecular weight is 550 g/mol. The Balaban J connectivity index is 1.63. The maximum absolute atomic E-state index is 12.9. The fraction of sp³-hybridized carbons (Fsp3) is 0.577. The second-order valence-electron chi connectivity index (χ2n) is 10.2. The molecule has 0 spiro atoms. The van der Waals surface area contributed by atoms with Gasteiger partial charge in [-0.25, -0.2) is 13.3 Å². The molecule has 36 heavy (non-hydrogen) atoms. The number of carbonyl (C=O) groups excluding carboxylic acids is 2. The molecule has 7 nitrogen and oxygen atoms in total. The Kier molecular flexibility index (Phi) is 8.42. The number of nitrogens with zero attached hydrogens (tertiary/aromatic N) is 1. The largest absolute Gasteiger partial charge is 0.425 e. The monoisotopic (exact) mass is 549 g/mol. The number of fused-ring (bicyclic) bond motifs is 1.